The van der Waals surface area contributed by atoms with E-state index in [9.17, 15) is 15.3 Å². The number of ether oxygens (including phenoxy) is 2. The summed E-state index contributed by atoms with van der Waals surface area (Å²) >= 11 is 0. The summed E-state index contributed by atoms with van der Waals surface area (Å²) in [7, 11) is 1.42. The fourth-order valence-electron chi connectivity index (χ4n) is 1.45. The van der Waals surface area contributed by atoms with Gasteiger partial charge in [-0.05, 0) is 17.8 Å². The first-order chi connectivity index (χ1) is 10.3. The molecule has 0 aliphatic rings. The van der Waals surface area contributed by atoms with E-state index >= 15 is 0 Å². The SMILES string of the molecule is CCOC(O)CC(O)C(C)(C)C.COC(O)CC(O)C(C)(C)C.[CH3-].[CH3-].[CH3-].[CH3-].[Ti+2].[Ti+2]. The molecule has 6 nitrogen and oxygen atoms in total. The van der Waals surface area contributed by atoms with Crippen LogP contribution in [0.1, 0.15) is 61.3 Å². The predicted octanol–water partition coefficient (Wildman–Crippen LogP) is 3.68. The average molecular weight is 494 g/mol. The molecule has 0 aromatic carbocycles. The van der Waals surface area contributed by atoms with Gasteiger partial charge >= 0.3 is 43.4 Å². The molecule has 4 N–H and O–H groups in total. The van der Waals surface area contributed by atoms with E-state index < -0.39 is 24.8 Å². The van der Waals surface area contributed by atoms with Gasteiger partial charge < -0.3 is 59.6 Å². The number of rotatable bonds is 7. The van der Waals surface area contributed by atoms with Crippen LogP contribution in [-0.2, 0) is 52.9 Å². The topological polar surface area (TPSA) is 99.4 Å². The van der Waals surface area contributed by atoms with Crippen LogP contribution in [0.3, 0.4) is 0 Å². The van der Waals surface area contributed by atoms with E-state index in [-0.39, 0.29) is 96.8 Å². The molecule has 178 valence electrons. The van der Waals surface area contributed by atoms with Crippen molar-refractivity contribution in [1.82, 2.24) is 0 Å². The van der Waals surface area contributed by atoms with Gasteiger partial charge in [-0.15, -0.1) is 0 Å². The molecule has 4 unspecified atom stereocenters. The van der Waals surface area contributed by atoms with Crippen LogP contribution in [0.4, 0.5) is 0 Å². The van der Waals surface area contributed by atoms with Crippen LogP contribution < -0.4 is 0 Å². The summed E-state index contributed by atoms with van der Waals surface area (Å²) < 4.78 is 9.51. The van der Waals surface area contributed by atoms with Crippen molar-refractivity contribution in [2.24, 2.45) is 10.8 Å². The predicted molar refractivity (Wildman–Crippen MR) is 116 cm³/mol. The Hall–Kier alpha value is 1.19. The second kappa shape index (κ2) is 25.4. The maximum Gasteiger partial charge on any atom is 2.00 e. The van der Waals surface area contributed by atoms with Gasteiger partial charge in [0.15, 0.2) is 12.6 Å². The van der Waals surface area contributed by atoms with Gasteiger partial charge in [-0.2, -0.15) is 0 Å². The third-order valence-corrected chi connectivity index (χ3v) is 3.48. The van der Waals surface area contributed by atoms with Crippen molar-refractivity contribution in [2.75, 3.05) is 13.7 Å². The first-order valence-corrected chi connectivity index (χ1v) is 8.12. The Bertz CT molecular complexity index is 294. The van der Waals surface area contributed by atoms with Gasteiger partial charge in [0.2, 0.25) is 0 Å². The number of hydrogen-bond donors (Lipinski definition) is 4. The molecule has 0 aromatic rings. The molecule has 0 saturated heterocycles. The van der Waals surface area contributed by atoms with Gasteiger partial charge in [-0.25, -0.2) is 0 Å². The zero-order valence-electron chi connectivity index (χ0n) is 21.0. The Labute approximate surface area is 212 Å². The molecule has 0 amide bonds. The Morgan fingerprint density at radius 3 is 1.14 bits per heavy atom. The van der Waals surface area contributed by atoms with Gasteiger partial charge in [0.25, 0.3) is 0 Å². The zero-order chi connectivity index (χ0) is 18.8. The van der Waals surface area contributed by atoms with Gasteiger partial charge in [0, 0.05) is 26.6 Å². The van der Waals surface area contributed by atoms with Gasteiger partial charge in [-0.3, -0.25) is 0 Å². The Morgan fingerprint density at radius 2 is 0.931 bits per heavy atom. The monoisotopic (exact) mass is 494 g/mol. The standard InChI is InChI=1S/C9H20O3.C8H18O3.4CH3.2Ti/c1-5-12-8(11)6-7(10)9(2,3)4;1-8(2,3)6(9)5-7(10)11-4;;;;;;/h7-8,10-11H,5-6H2,1-4H3;6-7,9-10H,5H2,1-4H3;4*1H3;;/q;;4*-1;2*+2. The molecular weight excluding hydrogens is 444 g/mol. The van der Waals surface area contributed by atoms with Crippen molar-refractivity contribution in [2.45, 2.75) is 86.1 Å². The largest absolute Gasteiger partial charge is 2.00 e. The summed E-state index contributed by atoms with van der Waals surface area (Å²) in [5.41, 5.74) is -0.391. The first kappa shape index (κ1) is 52.2. The maximum atomic E-state index is 9.54. The first-order valence-electron chi connectivity index (χ1n) is 8.12. The van der Waals surface area contributed by atoms with Crippen molar-refractivity contribution in [3.63, 3.8) is 0 Å². The average Bonchev–Trinajstić information content (AvgIpc) is 2.37. The molecule has 0 aromatic heterocycles. The molecule has 0 radical (unpaired) electrons. The third kappa shape index (κ3) is 31.5. The molecular formula is C21H50O6Ti2. The molecule has 0 heterocycles. The van der Waals surface area contributed by atoms with Crippen LogP contribution >= 0.6 is 0 Å². The molecule has 0 aliphatic heterocycles. The van der Waals surface area contributed by atoms with Gasteiger partial charge in [0.1, 0.15) is 0 Å². The molecule has 0 aliphatic carbocycles. The van der Waals surface area contributed by atoms with E-state index in [1.54, 1.807) is 0 Å². The fourth-order valence-corrected chi connectivity index (χ4v) is 1.45. The minimum Gasteiger partial charge on any atom is -0.392 e. The van der Waals surface area contributed by atoms with E-state index in [1.807, 2.05) is 48.5 Å². The minimum absolute atomic E-state index is 0. The molecule has 4 atom stereocenters. The van der Waals surface area contributed by atoms with E-state index in [4.69, 9.17) is 9.84 Å². The molecule has 29 heavy (non-hydrogen) atoms. The fraction of sp³-hybridized carbons (Fsp3) is 0.810. The van der Waals surface area contributed by atoms with E-state index in [1.165, 1.54) is 7.11 Å². The van der Waals surface area contributed by atoms with Crippen molar-refractivity contribution in [3.8, 4) is 0 Å². The molecule has 0 spiro atoms. The number of aliphatic hydroxyl groups excluding tert-OH is 4. The Kier molecular flexibility index (Phi) is 45.8. The smallest absolute Gasteiger partial charge is 0.392 e. The van der Waals surface area contributed by atoms with Crippen molar-refractivity contribution < 1.29 is 73.3 Å². The minimum atomic E-state index is -0.857. The van der Waals surface area contributed by atoms with Gasteiger partial charge in [-0.1, -0.05) is 41.5 Å². The van der Waals surface area contributed by atoms with Crippen molar-refractivity contribution in [1.29, 1.82) is 0 Å². The van der Waals surface area contributed by atoms with Crippen LogP contribution in [0.15, 0.2) is 0 Å². The Balaban J connectivity index is -0.0000000421. The van der Waals surface area contributed by atoms with Crippen LogP contribution in [0, 0.1) is 40.5 Å². The molecule has 0 fully saturated rings. The second-order valence-corrected chi connectivity index (χ2v) is 7.84. The van der Waals surface area contributed by atoms with Crippen molar-refractivity contribution in [3.05, 3.63) is 29.7 Å². The quantitative estimate of drug-likeness (QED) is 0.245. The summed E-state index contributed by atoms with van der Waals surface area (Å²) in [6, 6.07) is 0. The Morgan fingerprint density at radius 1 is 0.655 bits per heavy atom. The van der Waals surface area contributed by atoms with E-state index in [2.05, 4.69) is 4.74 Å². The number of hydrogen-bond acceptors (Lipinski definition) is 6. The summed E-state index contributed by atoms with van der Waals surface area (Å²) in [5.74, 6) is 0. The molecule has 0 bridgehead atoms. The maximum absolute atomic E-state index is 9.54. The number of aliphatic hydroxyl groups is 4. The second-order valence-electron chi connectivity index (χ2n) is 7.84. The van der Waals surface area contributed by atoms with Crippen LogP contribution in [0.2, 0.25) is 0 Å². The van der Waals surface area contributed by atoms with Crippen LogP contribution in [-0.4, -0.2) is 58.9 Å². The molecule has 0 saturated carbocycles. The number of methoxy groups -OCH3 is 1. The molecule has 8 heteroatoms. The summed E-state index contributed by atoms with van der Waals surface area (Å²) in [4.78, 5) is 0. The molecule has 0 rings (SSSR count). The third-order valence-electron chi connectivity index (χ3n) is 3.48. The van der Waals surface area contributed by atoms with Gasteiger partial charge in [0.05, 0.1) is 12.2 Å². The summed E-state index contributed by atoms with van der Waals surface area (Å²) in [5, 5.41) is 37.2. The summed E-state index contributed by atoms with van der Waals surface area (Å²) in [6.45, 7) is 13.8. The van der Waals surface area contributed by atoms with Crippen molar-refractivity contribution >= 4 is 0 Å². The summed E-state index contributed by atoms with van der Waals surface area (Å²) in [6.07, 6.45) is -2.22. The normalized spacial score (nSPS) is 14.1. The van der Waals surface area contributed by atoms with E-state index in [0.717, 1.165) is 0 Å². The van der Waals surface area contributed by atoms with E-state index in [0.29, 0.717) is 6.61 Å². The van der Waals surface area contributed by atoms with Crippen LogP contribution in [0.5, 0.6) is 0 Å². The zero-order valence-corrected chi connectivity index (χ0v) is 24.2. The van der Waals surface area contributed by atoms with Crippen LogP contribution in [0.25, 0.3) is 0 Å².